The molecule has 0 unspecified atom stereocenters. The van der Waals surface area contributed by atoms with Gasteiger partial charge >= 0.3 is 0 Å². The van der Waals surface area contributed by atoms with E-state index in [0.29, 0.717) is 4.99 Å². The molecule has 0 bridgehead atoms. The third-order valence-electron chi connectivity index (χ3n) is 3.63. The van der Waals surface area contributed by atoms with Gasteiger partial charge in [-0.2, -0.15) is 0 Å². The number of nitrogens with two attached hydrogens (primary N) is 1. The average Bonchev–Trinajstić information content (AvgIpc) is 3.06. The summed E-state index contributed by atoms with van der Waals surface area (Å²) in [6.45, 7) is 0.832. The van der Waals surface area contributed by atoms with Crippen LogP contribution in [0.2, 0.25) is 0 Å². The van der Waals surface area contributed by atoms with Gasteiger partial charge in [-0.05, 0) is 42.3 Å². The Morgan fingerprint density at radius 2 is 2.35 bits per heavy atom. The molecule has 104 valence electrons. The van der Waals surface area contributed by atoms with Crippen molar-refractivity contribution in [2.24, 2.45) is 5.73 Å². The van der Waals surface area contributed by atoms with Gasteiger partial charge in [0.25, 0.3) is 0 Å². The van der Waals surface area contributed by atoms with Crippen molar-refractivity contribution in [3.05, 3.63) is 45.3 Å². The maximum absolute atomic E-state index is 5.89. The second-order valence-electron chi connectivity index (χ2n) is 5.12. The first-order valence-corrected chi connectivity index (χ1v) is 8.00. The highest BCUT2D eigenvalue weighted by Crippen LogP contribution is 2.28. The van der Waals surface area contributed by atoms with E-state index in [4.69, 9.17) is 22.9 Å². The molecule has 20 heavy (non-hydrogen) atoms. The van der Waals surface area contributed by atoms with Crippen molar-refractivity contribution in [3.63, 3.8) is 0 Å². The number of anilines is 1. The number of hydrogen-bond acceptors (Lipinski definition) is 4. The van der Waals surface area contributed by atoms with Gasteiger partial charge in [-0.1, -0.05) is 18.3 Å². The summed E-state index contributed by atoms with van der Waals surface area (Å²) in [4.78, 5) is 8.70. The van der Waals surface area contributed by atoms with Gasteiger partial charge < -0.3 is 10.6 Å². The Morgan fingerprint density at radius 3 is 3.05 bits per heavy atom. The van der Waals surface area contributed by atoms with E-state index in [1.807, 2.05) is 7.05 Å². The van der Waals surface area contributed by atoms with Crippen molar-refractivity contribution < 1.29 is 0 Å². The van der Waals surface area contributed by atoms with Crippen LogP contribution in [-0.2, 0) is 19.4 Å². The van der Waals surface area contributed by atoms with E-state index < -0.39 is 0 Å². The van der Waals surface area contributed by atoms with Gasteiger partial charge in [0.2, 0.25) is 0 Å². The lowest BCUT2D eigenvalue weighted by atomic mass is 10.1. The van der Waals surface area contributed by atoms with E-state index in [9.17, 15) is 0 Å². The molecule has 2 aromatic rings. The number of hydrogen-bond donors (Lipinski definition) is 1. The maximum atomic E-state index is 5.89. The summed E-state index contributed by atoms with van der Waals surface area (Å²) in [6, 6.07) is 6.34. The zero-order valence-electron chi connectivity index (χ0n) is 11.4. The van der Waals surface area contributed by atoms with Crippen LogP contribution in [0, 0.1) is 0 Å². The number of rotatable bonds is 4. The van der Waals surface area contributed by atoms with Gasteiger partial charge in [0.1, 0.15) is 10.8 Å². The Kier molecular flexibility index (Phi) is 3.72. The van der Waals surface area contributed by atoms with Gasteiger partial charge in [-0.15, -0.1) is 11.3 Å². The first kappa shape index (κ1) is 13.5. The lowest BCUT2D eigenvalue weighted by molar-refractivity contribution is 0.879. The summed E-state index contributed by atoms with van der Waals surface area (Å²) in [6.07, 6.45) is 3.33. The molecule has 0 fully saturated rings. The number of thiophene rings is 1. The molecule has 0 saturated carbocycles. The number of pyridine rings is 1. The summed E-state index contributed by atoms with van der Waals surface area (Å²) < 4.78 is 0. The van der Waals surface area contributed by atoms with Crippen LogP contribution in [0.4, 0.5) is 5.82 Å². The van der Waals surface area contributed by atoms with Crippen molar-refractivity contribution >= 4 is 34.4 Å². The standard InChI is InChI=1S/C15H17N3S2/c1-18(9-11-5-3-7-20-11)15-12(14(16)19)8-10-4-2-6-13(10)17-15/h3,5,7-8H,2,4,6,9H2,1H3,(H2,16,19). The Morgan fingerprint density at radius 1 is 1.50 bits per heavy atom. The highest BCUT2D eigenvalue weighted by molar-refractivity contribution is 7.80. The fourth-order valence-electron chi connectivity index (χ4n) is 2.64. The molecule has 1 aliphatic rings. The molecule has 1 aliphatic carbocycles. The van der Waals surface area contributed by atoms with Gasteiger partial charge in [-0.25, -0.2) is 4.98 Å². The van der Waals surface area contributed by atoms with Crippen LogP contribution < -0.4 is 10.6 Å². The van der Waals surface area contributed by atoms with Crippen molar-refractivity contribution in [1.29, 1.82) is 0 Å². The van der Waals surface area contributed by atoms with E-state index in [-0.39, 0.29) is 0 Å². The Bertz CT molecular complexity index is 635. The largest absolute Gasteiger partial charge is 0.389 e. The number of thiocarbonyl (C=S) groups is 1. The highest BCUT2D eigenvalue weighted by Gasteiger charge is 2.19. The van der Waals surface area contributed by atoms with Crippen molar-refractivity contribution in [2.75, 3.05) is 11.9 Å². The molecule has 0 atom stereocenters. The molecular weight excluding hydrogens is 286 g/mol. The predicted octanol–water partition coefficient (Wildman–Crippen LogP) is 2.90. The number of aryl methyl sites for hydroxylation is 2. The minimum atomic E-state index is 0.431. The Hall–Kier alpha value is -1.46. The number of nitrogens with zero attached hydrogens (tertiary/aromatic N) is 2. The molecular formula is C15H17N3S2. The molecule has 0 amide bonds. The molecule has 2 N–H and O–H groups in total. The first-order chi connectivity index (χ1) is 9.65. The van der Waals surface area contributed by atoms with Gasteiger partial charge in [0.05, 0.1) is 12.1 Å². The van der Waals surface area contributed by atoms with E-state index in [0.717, 1.165) is 30.8 Å². The maximum Gasteiger partial charge on any atom is 0.139 e. The summed E-state index contributed by atoms with van der Waals surface area (Å²) in [7, 11) is 2.05. The molecule has 5 heteroatoms. The number of aromatic nitrogens is 1. The van der Waals surface area contributed by atoms with Crippen LogP contribution in [0.3, 0.4) is 0 Å². The summed E-state index contributed by atoms with van der Waals surface area (Å²) in [5.41, 5.74) is 9.30. The molecule has 0 saturated heterocycles. The van der Waals surface area contributed by atoms with Crippen LogP contribution in [0.25, 0.3) is 0 Å². The SMILES string of the molecule is CN(Cc1cccs1)c1nc2c(cc1C(N)=S)CCC2. The van der Waals surface area contributed by atoms with E-state index in [1.54, 1.807) is 11.3 Å². The fourth-order valence-corrected chi connectivity index (χ4v) is 3.55. The van der Waals surface area contributed by atoms with Gasteiger partial charge in [-0.3, -0.25) is 0 Å². The third-order valence-corrected chi connectivity index (χ3v) is 4.71. The first-order valence-electron chi connectivity index (χ1n) is 6.71. The van der Waals surface area contributed by atoms with Crippen LogP contribution in [-0.4, -0.2) is 17.0 Å². The zero-order valence-corrected chi connectivity index (χ0v) is 13.1. The van der Waals surface area contributed by atoms with Crippen molar-refractivity contribution in [2.45, 2.75) is 25.8 Å². The lowest BCUT2D eigenvalue weighted by Gasteiger charge is -2.21. The molecule has 3 nitrogen and oxygen atoms in total. The monoisotopic (exact) mass is 303 g/mol. The van der Waals surface area contributed by atoms with Gasteiger partial charge in [0, 0.05) is 17.6 Å². The molecule has 3 rings (SSSR count). The molecule has 0 aromatic carbocycles. The summed E-state index contributed by atoms with van der Waals surface area (Å²) >= 11 is 6.95. The second-order valence-corrected chi connectivity index (χ2v) is 6.59. The second kappa shape index (κ2) is 5.50. The molecule has 2 heterocycles. The minimum absolute atomic E-state index is 0.431. The number of fused-ring (bicyclic) bond motifs is 1. The van der Waals surface area contributed by atoms with Crippen LogP contribution in [0.1, 0.15) is 28.1 Å². The normalized spacial score (nSPS) is 13.2. The fraction of sp³-hybridized carbons (Fsp3) is 0.333. The highest BCUT2D eigenvalue weighted by atomic mass is 32.1. The Labute approximate surface area is 128 Å². The smallest absolute Gasteiger partial charge is 0.139 e. The molecule has 2 aromatic heterocycles. The van der Waals surface area contributed by atoms with E-state index in [1.165, 1.54) is 22.6 Å². The summed E-state index contributed by atoms with van der Waals surface area (Å²) in [5, 5.41) is 2.09. The zero-order chi connectivity index (χ0) is 14.1. The Balaban J connectivity index is 1.96. The van der Waals surface area contributed by atoms with E-state index in [2.05, 4.69) is 28.5 Å². The molecule has 0 aliphatic heterocycles. The average molecular weight is 303 g/mol. The van der Waals surface area contributed by atoms with Crippen molar-refractivity contribution in [3.8, 4) is 0 Å². The third kappa shape index (κ3) is 2.55. The molecule has 0 radical (unpaired) electrons. The summed E-state index contributed by atoms with van der Waals surface area (Å²) in [5.74, 6) is 0.909. The predicted molar refractivity (Wildman–Crippen MR) is 88.6 cm³/mol. The van der Waals surface area contributed by atoms with Crippen molar-refractivity contribution in [1.82, 2.24) is 4.98 Å². The van der Waals surface area contributed by atoms with Crippen LogP contribution in [0.5, 0.6) is 0 Å². The van der Waals surface area contributed by atoms with Gasteiger partial charge in [0.15, 0.2) is 0 Å². The van der Waals surface area contributed by atoms with Crippen LogP contribution >= 0.6 is 23.6 Å². The van der Waals surface area contributed by atoms with E-state index >= 15 is 0 Å². The minimum Gasteiger partial charge on any atom is -0.389 e. The van der Waals surface area contributed by atoms with Crippen LogP contribution in [0.15, 0.2) is 23.6 Å². The lowest BCUT2D eigenvalue weighted by Crippen LogP contribution is -2.23. The topological polar surface area (TPSA) is 42.2 Å². The quantitative estimate of drug-likeness (QED) is 0.882. The molecule has 0 spiro atoms.